The molecule has 1 heterocycles. The van der Waals surface area contributed by atoms with Crippen LogP contribution in [-0.2, 0) is 4.79 Å². The number of hydrogen-bond donors (Lipinski definition) is 1. The number of benzene rings is 2. The summed E-state index contributed by atoms with van der Waals surface area (Å²) in [6, 6.07) is 17.8. The molecule has 2 aromatic carbocycles. The molecule has 0 aliphatic rings. The Hall–Kier alpha value is -2.85. The third kappa shape index (κ3) is 3.39. The van der Waals surface area contributed by atoms with E-state index in [4.69, 9.17) is 11.6 Å². The Labute approximate surface area is 144 Å². The Bertz CT molecular complexity index is 963. The van der Waals surface area contributed by atoms with Crippen LogP contribution in [0.4, 0.5) is 5.69 Å². The fraction of sp³-hybridized carbons (Fsp3) is 0.0526. The lowest BCUT2D eigenvalue weighted by Crippen LogP contribution is -2.17. The van der Waals surface area contributed by atoms with E-state index in [2.05, 4.69) is 5.32 Å². The normalized spacial score (nSPS) is 10.4. The topological polar surface area (TPSA) is 51.1 Å². The van der Waals surface area contributed by atoms with Crippen molar-refractivity contribution in [1.29, 1.82) is 0 Å². The zero-order chi connectivity index (χ0) is 17.1. The molecule has 0 spiro atoms. The highest BCUT2D eigenvalue weighted by atomic mass is 35.5. The molecule has 3 aromatic rings. The number of nitrogens with zero attached hydrogens (tertiary/aromatic N) is 1. The molecule has 4 nitrogen and oxygen atoms in total. The summed E-state index contributed by atoms with van der Waals surface area (Å²) in [7, 11) is 0. The number of rotatable bonds is 3. The fourth-order valence-corrected chi connectivity index (χ4v) is 2.73. The summed E-state index contributed by atoms with van der Waals surface area (Å²) >= 11 is 6.24. The highest BCUT2D eigenvalue weighted by Gasteiger charge is 2.07. The zero-order valence-corrected chi connectivity index (χ0v) is 13.7. The number of carbonyl (C=O) groups is 1. The van der Waals surface area contributed by atoms with Gasteiger partial charge in [-0.2, -0.15) is 0 Å². The van der Waals surface area contributed by atoms with Crippen LogP contribution in [0.25, 0.3) is 16.8 Å². The minimum absolute atomic E-state index is 0.161. The van der Waals surface area contributed by atoms with Crippen LogP contribution in [0, 0.1) is 0 Å². The Balaban J connectivity index is 2.09. The van der Waals surface area contributed by atoms with E-state index in [0.717, 1.165) is 11.1 Å². The Kier molecular flexibility index (Phi) is 4.49. The van der Waals surface area contributed by atoms with Crippen molar-refractivity contribution in [2.45, 2.75) is 6.92 Å². The van der Waals surface area contributed by atoms with Crippen molar-refractivity contribution in [2.75, 3.05) is 5.32 Å². The van der Waals surface area contributed by atoms with Gasteiger partial charge in [-0.3, -0.25) is 14.2 Å². The molecule has 24 heavy (non-hydrogen) atoms. The predicted octanol–water partition coefficient (Wildman–Crippen LogP) is 4.12. The fourth-order valence-electron chi connectivity index (χ4n) is 2.48. The molecule has 0 unspecified atom stereocenters. The average molecular weight is 339 g/mol. The van der Waals surface area contributed by atoms with Crippen LogP contribution < -0.4 is 10.9 Å². The molecule has 1 amide bonds. The van der Waals surface area contributed by atoms with Gasteiger partial charge in [-0.25, -0.2) is 0 Å². The average Bonchev–Trinajstić information content (AvgIpc) is 2.56. The molecule has 0 saturated carbocycles. The van der Waals surface area contributed by atoms with Gasteiger partial charge in [-0.1, -0.05) is 35.9 Å². The minimum atomic E-state index is -0.163. The van der Waals surface area contributed by atoms with E-state index in [-0.39, 0.29) is 11.5 Å². The minimum Gasteiger partial charge on any atom is -0.326 e. The molecule has 1 N–H and O–H groups in total. The van der Waals surface area contributed by atoms with E-state index < -0.39 is 0 Å². The number of carbonyl (C=O) groups excluding carboxylic acids is 1. The number of anilines is 1. The lowest BCUT2D eigenvalue weighted by Gasteiger charge is -2.11. The first-order valence-corrected chi connectivity index (χ1v) is 7.78. The van der Waals surface area contributed by atoms with Gasteiger partial charge in [-0.05, 0) is 30.3 Å². The van der Waals surface area contributed by atoms with Gasteiger partial charge in [-0.15, -0.1) is 0 Å². The molecule has 1 aromatic heterocycles. The molecule has 5 heteroatoms. The first kappa shape index (κ1) is 16.0. The lowest BCUT2D eigenvalue weighted by molar-refractivity contribution is -0.114. The second-order valence-electron chi connectivity index (χ2n) is 5.34. The van der Waals surface area contributed by atoms with Gasteiger partial charge < -0.3 is 5.32 Å². The highest BCUT2D eigenvalue weighted by molar-refractivity contribution is 6.33. The summed E-state index contributed by atoms with van der Waals surface area (Å²) in [6.07, 6.45) is 1.75. The second kappa shape index (κ2) is 6.72. The molecule has 0 aliphatic carbocycles. The maximum Gasteiger partial charge on any atom is 0.255 e. The van der Waals surface area contributed by atoms with Crippen LogP contribution in [0.3, 0.4) is 0 Å². The number of nitrogens with one attached hydrogen (secondary N) is 1. The van der Waals surface area contributed by atoms with Crippen molar-refractivity contribution in [1.82, 2.24) is 4.57 Å². The third-order valence-corrected chi connectivity index (χ3v) is 3.87. The van der Waals surface area contributed by atoms with Crippen molar-refractivity contribution < 1.29 is 4.79 Å². The Morgan fingerprint density at radius 3 is 2.58 bits per heavy atom. The highest BCUT2D eigenvalue weighted by Crippen LogP contribution is 2.27. The van der Waals surface area contributed by atoms with Gasteiger partial charge in [0, 0.05) is 41.0 Å². The number of pyridine rings is 1. The smallest absolute Gasteiger partial charge is 0.255 e. The molecule has 120 valence electrons. The second-order valence-corrected chi connectivity index (χ2v) is 5.74. The number of halogens is 1. The van der Waals surface area contributed by atoms with Crippen LogP contribution in [-0.4, -0.2) is 10.5 Å². The maximum absolute atomic E-state index is 12.3. The SMILES string of the molecule is CC(=O)Nc1cccc(-n2cc(-c3ccccc3Cl)ccc2=O)c1. The van der Waals surface area contributed by atoms with Crippen LogP contribution >= 0.6 is 11.6 Å². The quantitative estimate of drug-likeness (QED) is 0.781. The van der Waals surface area contributed by atoms with Crippen LogP contribution in [0.2, 0.25) is 5.02 Å². The molecule has 3 rings (SSSR count). The van der Waals surface area contributed by atoms with E-state index in [0.29, 0.717) is 16.4 Å². The lowest BCUT2D eigenvalue weighted by atomic mass is 10.1. The van der Waals surface area contributed by atoms with E-state index in [1.54, 1.807) is 30.5 Å². The van der Waals surface area contributed by atoms with Crippen molar-refractivity contribution in [2.24, 2.45) is 0 Å². The predicted molar refractivity (Wildman–Crippen MR) is 96.8 cm³/mol. The summed E-state index contributed by atoms with van der Waals surface area (Å²) in [4.78, 5) is 23.5. The van der Waals surface area contributed by atoms with E-state index in [1.165, 1.54) is 17.6 Å². The monoisotopic (exact) mass is 338 g/mol. The van der Waals surface area contributed by atoms with Crippen molar-refractivity contribution >= 4 is 23.2 Å². The van der Waals surface area contributed by atoms with E-state index >= 15 is 0 Å². The van der Waals surface area contributed by atoms with E-state index in [9.17, 15) is 9.59 Å². The number of amides is 1. The maximum atomic E-state index is 12.3. The molecule has 0 aliphatic heterocycles. The Morgan fingerprint density at radius 1 is 1.04 bits per heavy atom. The van der Waals surface area contributed by atoms with Gasteiger partial charge in [0.1, 0.15) is 0 Å². The van der Waals surface area contributed by atoms with Crippen LogP contribution in [0.15, 0.2) is 71.7 Å². The van der Waals surface area contributed by atoms with Crippen LogP contribution in [0.5, 0.6) is 0 Å². The molecule has 0 fully saturated rings. The molecular weight excluding hydrogens is 324 g/mol. The standard InChI is InChI=1S/C19H15ClN2O2/c1-13(23)21-15-5-4-6-16(11-15)22-12-14(9-10-19(22)24)17-7-2-3-8-18(17)20/h2-12H,1H3,(H,21,23). The zero-order valence-electron chi connectivity index (χ0n) is 13.0. The molecule has 0 atom stereocenters. The van der Waals surface area contributed by atoms with Crippen LogP contribution in [0.1, 0.15) is 6.92 Å². The van der Waals surface area contributed by atoms with Gasteiger partial charge in [0.2, 0.25) is 5.91 Å². The molecule has 0 bridgehead atoms. The summed E-state index contributed by atoms with van der Waals surface area (Å²) in [5.41, 5.74) is 2.83. The van der Waals surface area contributed by atoms with Gasteiger partial charge >= 0.3 is 0 Å². The van der Waals surface area contributed by atoms with Crippen molar-refractivity contribution in [3.63, 3.8) is 0 Å². The Morgan fingerprint density at radius 2 is 1.83 bits per heavy atom. The largest absolute Gasteiger partial charge is 0.326 e. The summed E-state index contributed by atoms with van der Waals surface area (Å²) in [6.45, 7) is 1.44. The van der Waals surface area contributed by atoms with E-state index in [1.807, 2.05) is 30.3 Å². The third-order valence-electron chi connectivity index (χ3n) is 3.54. The van der Waals surface area contributed by atoms with Gasteiger partial charge in [0.25, 0.3) is 5.56 Å². The molecule has 0 radical (unpaired) electrons. The number of hydrogen-bond acceptors (Lipinski definition) is 2. The van der Waals surface area contributed by atoms with Gasteiger partial charge in [0.15, 0.2) is 0 Å². The van der Waals surface area contributed by atoms with Gasteiger partial charge in [0.05, 0.1) is 5.69 Å². The summed E-state index contributed by atoms with van der Waals surface area (Å²) in [5, 5.41) is 3.33. The first-order chi connectivity index (χ1) is 11.5. The number of aromatic nitrogens is 1. The molecule has 0 saturated heterocycles. The van der Waals surface area contributed by atoms with Crippen molar-refractivity contribution in [3.05, 3.63) is 82.2 Å². The first-order valence-electron chi connectivity index (χ1n) is 7.40. The summed E-state index contributed by atoms with van der Waals surface area (Å²) < 4.78 is 1.53. The summed E-state index contributed by atoms with van der Waals surface area (Å²) in [5.74, 6) is -0.163. The molecular formula is C19H15ClN2O2. The van der Waals surface area contributed by atoms with Crippen molar-refractivity contribution in [3.8, 4) is 16.8 Å².